The SMILES string of the molecule is CNC(=O)C1CC(/C=C/C2=[N+](CCCCS(=O)(=O)O)c3ccc4ccccc4c3C2(C)C)=C(Sc2ccc(N)cc2)C(=C/C=C2/N(CCCCS(=O)(=O)O)c3ccc4ccccc4c3C2(C)C)/C1. The van der Waals surface area contributed by atoms with Gasteiger partial charge >= 0.3 is 0 Å². The molecule has 1 atom stereocenters. The van der Waals surface area contributed by atoms with Gasteiger partial charge in [-0.15, -0.1) is 0 Å². The van der Waals surface area contributed by atoms with Crippen LogP contribution in [0.3, 0.4) is 0 Å². The summed E-state index contributed by atoms with van der Waals surface area (Å²) in [5.74, 6) is -1.04. The number of unbranched alkanes of at least 4 members (excludes halogenated alkanes) is 2. The van der Waals surface area contributed by atoms with Crippen LogP contribution in [0.2, 0.25) is 0 Å². The second-order valence-electron chi connectivity index (χ2n) is 19.1. The lowest BCUT2D eigenvalue weighted by atomic mass is 9.78. The number of nitrogen functional groups attached to an aromatic ring is 1. The Kier molecular flexibility index (Phi) is 14.0. The molecule has 5 N–H and O–H groups in total. The van der Waals surface area contributed by atoms with Crippen molar-refractivity contribution in [1.82, 2.24) is 5.32 Å². The van der Waals surface area contributed by atoms with Crippen LogP contribution < -0.4 is 16.0 Å². The van der Waals surface area contributed by atoms with Gasteiger partial charge in [-0.1, -0.05) is 92.4 Å². The van der Waals surface area contributed by atoms with Crippen molar-refractivity contribution in [3.63, 3.8) is 0 Å². The van der Waals surface area contributed by atoms with Crippen molar-refractivity contribution in [2.24, 2.45) is 5.92 Å². The van der Waals surface area contributed by atoms with Crippen molar-refractivity contribution in [3.05, 3.63) is 154 Å². The monoisotopic (exact) mass is 973 g/mol. The molecule has 2 heterocycles. The number of nitrogens with one attached hydrogen (secondary N) is 1. The van der Waals surface area contributed by atoms with Crippen molar-refractivity contribution >= 4 is 82.2 Å². The number of hydrogen-bond donors (Lipinski definition) is 4. The first kappa shape index (κ1) is 48.9. The van der Waals surface area contributed by atoms with Gasteiger partial charge in [0.25, 0.3) is 20.2 Å². The zero-order chi connectivity index (χ0) is 48.6. The predicted molar refractivity (Wildman–Crippen MR) is 278 cm³/mol. The molecule has 1 unspecified atom stereocenters. The third-order valence-corrected chi connectivity index (χ3v) is 16.5. The average molecular weight is 974 g/mol. The van der Waals surface area contributed by atoms with Crippen LogP contribution in [0.15, 0.2) is 148 Å². The molecule has 5 aromatic rings. The standard InChI is InChI=1S/C54H60N4O7S3/c1-53(2)47(57(30-10-12-32-67(60,61)62)45-26-18-36-14-6-8-16-43(36)49(45)53)28-20-38-34-40(52(59)56-5)35-39(51(38)66-42-24-22-41(55)23-25-42)21-29-48-54(3,4)50-44-17-9-7-15-37(44)19-27-46(50)58(48)31-11-13-33-68(63,64)65/h6-9,14-29,40H,10-13,30-35,55H2,1-5H3,(H2-,56,59,60,61,62,63,64,65)/p+1. The zero-order valence-electron chi connectivity index (χ0n) is 39.3. The second kappa shape index (κ2) is 19.5. The quantitative estimate of drug-likeness (QED) is 0.0323. The number of amides is 1. The molecule has 1 aliphatic carbocycles. The van der Waals surface area contributed by atoms with Crippen LogP contribution in [0.4, 0.5) is 17.1 Å². The highest BCUT2D eigenvalue weighted by molar-refractivity contribution is 8.03. The van der Waals surface area contributed by atoms with E-state index in [4.69, 9.17) is 5.73 Å². The number of nitrogens with two attached hydrogens (primary N) is 1. The molecular formula is C54H61N4O7S3+. The number of benzene rings is 5. The molecule has 0 saturated heterocycles. The lowest BCUT2D eigenvalue weighted by molar-refractivity contribution is -0.438. The molecule has 68 heavy (non-hydrogen) atoms. The van der Waals surface area contributed by atoms with Gasteiger partial charge in [-0.25, -0.2) is 0 Å². The molecule has 0 saturated carbocycles. The summed E-state index contributed by atoms with van der Waals surface area (Å²) in [7, 11) is -6.54. The average Bonchev–Trinajstić information content (AvgIpc) is 3.65. The number of carbonyl (C=O) groups is 1. The molecule has 0 radical (unpaired) electrons. The third kappa shape index (κ3) is 10.3. The fraction of sp³-hybridized carbons (Fsp3) is 0.333. The van der Waals surface area contributed by atoms with E-state index in [1.807, 2.05) is 36.4 Å². The number of nitrogens with zero attached hydrogens (tertiary/aromatic N) is 2. The van der Waals surface area contributed by atoms with Crippen molar-refractivity contribution in [2.75, 3.05) is 42.3 Å². The van der Waals surface area contributed by atoms with Gasteiger partial charge in [-0.2, -0.15) is 21.4 Å². The minimum absolute atomic E-state index is 0.0558. The Hall–Kier alpha value is -5.51. The Morgan fingerprint density at radius 3 is 2.03 bits per heavy atom. The van der Waals surface area contributed by atoms with Gasteiger partial charge in [0.15, 0.2) is 5.71 Å². The fourth-order valence-electron chi connectivity index (χ4n) is 10.5. The summed E-state index contributed by atoms with van der Waals surface area (Å²) in [4.78, 5) is 18.1. The highest BCUT2D eigenvalue weighted by Crippen LogP contribution is 2.52. The largest absolute Gasteiger partial charge is 0.399 e. The van der Waals surface area contributed by atoms with E-state index < -0.39 is 31.1 Å². The molecule has 14 heteroatoms. The van der Waals surface area contributed by atoms with Gasteiger partial charge in [0.1, 0.15) is 6.54 Å². The molecular weight excluding hydrogens is 913 g/mol. The van der Waals surface area contributed by atoms with Crippen molar-refractivity contribution < 1.29 is 35.3 Å². The van der Waals surface area contributed by atoms with Crippen LogP contribution in [0.1, 0.15) is 77.3 Å². The lowest BCUT2D eigenvalue weighted by Crippen LogP contribution is -2.30. The van der Waals surface area contributed by atoms with E-state index in [0.29, 0.717) is 57.3 Å². The van der Waals surface area contributed by atoms with E-state index in [-0.39, 0.29) is 23.3 Å². The van der Waals surface area contributed by atoms with Gasteiger partial charge in [0.05, 0.1) is 16.9 Å². The maximum absolute atomic E-state index is 13.8. The number of fused-ring (bicyclic) bond motifs is 6. The molecule has 11 nitrogen and oxygen atoms in total. The second-order valence-corrected chi connectivity index (χ2v) is 23.3. The van der Waals surface area contributed by atoms with Gasteiger partial charge in [0, 0.05) is 75.9 Å². The van der Waals surface area contributed by atoms with E-state index in [1.165, 1.54) is 11.1 Å². The third-order valence-electron chi connectivity index (χ3n) is 13.7. The van der Waals surface area contributed by atoms with E-state index in [2.05, 4.69) is 127 Å². The summed E-state index contributed by atoms with van der Waals surface area (Å²) in [6.07, 6.45) is 11.3. The first-order valence-corrected chi connectivity index (χ1v) is 27.3. The summed E-state index contributed by atoms with van der Waals surface area (Å²) in [6.45, 7) is 9.96. The van der Waals surface area contributed by atoms with Crippen molar-refractivity contribution in [1.29, 1.82) is 0 Å². The van der Waals surface area contributed by atoms with Gasteiger partial charge < -0.3 is 16.0 Å². The molecule has 0 aromatic heterocycles. The van der Waals surface area contributed by atoms with Crippen molar-refractivity contribution in [2.45, 2.75) is 81.9 Å². The maximum atomic E-state index is 13.8. The minimum Gasteiger partial charge on any atom is -0.399 e. The molecule has 0 fully saturated rings. The Labute approximate surface area is 405 Å². The number of anilines is 2. The summed E-state index contributed by atoms with van der Waals surface area (Å²) in [5, 5.41) is 7.48. The van der Waals surface area contributed by atoms with Gasteiger partial charge in [0.2, 0.25) is 11.6 Å². The Balaban J connectivity index is 1.28. The molecule has 2 aliphatic heterocycles. The summed E-state index contributed by atoms with van der Waals surface area (Å²) in [5.41, 5.74) is 14.5. The number of allylic oxidation sites excluding steroid dienone is 7. The molecule has 3 aliphatic rings. The Morgan fingerprint density at radius 1 is 0.765 bits per heavy atom. The van der Waals surface area contributed by atoms with Crippen LogP contribution in [0.25, 0.3) is 21.5 Å². The molecule has 0 bridgehead atoms. The smallest absolute Gasteiger partial charge is 0.264 e. The lowest BCUT2D eigenvalue weighted by Gasteiger charge is -2.29. The van der Waals surface area contributed by atoms with E-state index in [1.54, 1.807) is 18.8 Å². The van der Waals surface area contributed by atoms with E-state index in [0.717, 1.165) is 65.3 Å². The van der Waals surface area contributed by atoms with E-state index in [9.17, 15) is 30.7 Å². The number of hydrogen-bond acceptors (Lipinski definition) is 8. The molecule has 1 amide bonds. The Bertz CT molecular complexity index is 3190. The van der Waals surface area contributed by atoms with Crippen LogP contribution in [-0.4, -0.2) is 73.8 Å². The number of thioether (sulfide) groups is 1. The van der Waals surface area contributed by atoms with Crippen LogP contribution in [0.5, 0.6) is 0 Å². The van der Waals surface area contributed by atoms with Crippen molar-refractivity contribution in [3.8, 4) is 0 Å². The van der Waals surface area contributed by atoms with Gasteiger partial charge in [-0.05, 0) is 127 Å². The van der Waals surface area contributed by atoms with Crippen LogP contribution in [-0.2, 0) is 35.9 Å². The minimum atomic E-state index is -4.11. The maximum Gasteiger partial charge on any atom is 0.264 e. The number of carbonyl (C=O) groups excluding carboxylic acids is 1. The van der Waals surface area contributed by atoms with Gasteiger partial charge in [-0.3, -0.25) is 13.9 Å². The normalized spacial score (nSPS) is 19.2. The zero-order valence-corrected chi connectivity index (χ0v) is 41.8. The summed E-state index contributed by atoms with van der Waals surface area (Å²) >= 11 is 1.64. The number of rotatable bonds is 16. The molecule has 356 valence electrons. The first-order valence-electron chi connectivity index (χ1n) is 23.2. The van der Waals surface area contributed by atoms with Crippen LogP contribution in [0, 0.1) is 5.92 Å². The van der Waals surface area contributed by atoms with Crippen LogP contribution >= 0.6 is 11.8 Å². The summed E-state index contributed by atoms with van der Waals surface area (Å²) in [6, 6.07) is 33.0. The first-order chi connectivity index (χ1) is 32.3. The topological polar surface area (TPSA) is 170 Å². The van der Waals surface area contributed by atoms with E-state index >= 15 is 0 Å². The highest BCUT2D eigenvalue weighted by atomic mass is 32.2. The fourth-order valence-corrected chi connectivity index (χ4v) is 12.7. The predicted octanol–water partition coefficient (Wildman–Crippen LogP) is 10.7. The molecule has 8 rings (SSSR count). The summed E-state index contributed by atoms with van der Waals surface area (Å²) < 4.78 is 68.2. The molecule has 5 aromatic carbocycles. The Morgan fingerprint density at radius 2 is 1.38 bits per heavy atom. The highest BCUT2D eigenvalue weighted by Gasteiger charge is 2.46. The molecule has 0 spiro atoms.